The van der Waals surface area contributed by atoms with Crippen LogP contribution in [0.3, 0.4) is 0 Å². The Balaban J connectivity index is 1.31. The van der Waals surface area contributed by atoms with Crippen LogP contribution in [0.1, 0.15) is 100 Å². The Morgan fingerprint density at radius 3 is 2.51 bits per heavy atom. The van der Waals surface area contributed by atoms with Gasteiger partial charge in [-0.15, -0.1) is 24.5 Å². The molecule has 0 N–H and O–H groups in total. The second-order valence-corrected chi connectivity index (χ2v) is 16.1. The summed E-state index contributed by atoms with van der Waals surface area (Å²) < 4.78 is 18.0. The molecule has 0 saturated heterocycles. The fourth-order valence-electron chi connectivity index (χ4n) is 8.57. The first kappa shape index (κ1) is 38.7. The van der Waals surface area contributed by atoms with Gasteiger partial charge in [-0.25, -0.2) is 9.97 Å². The Labute approximate surface area is 318 Å². The number of rotatable bonds is 17. The summed E-state index contributed by atoms with van der Waals surface area (Å²) >= 11 is 1.70. The van der Waals surface area contributed by atoms with Crippen molar-refractivity contribution < 1.29 is 28.6 Å². The number of thiazole rings is 1. The van der Waals surface area contributed by atoms with Gasteiger partial charge < -0.3 is 19.1 Å². The number of allylic oxidation sites excluding steroid dienone is 2. The SMILES string of the molecule is C=CCCCCN(C)C(=O)[C@@H]1C[C@H](Oc2cc(-c3csc(C4CCCCC4)n3)nc3c(C)c(OC)ccc23)C[C@H]1C(=O)C[C@]1(C(=O)OCC)C[C@H]1C=C. The smallest absolute Gasteiger partial charge is 0.313 e. The standard InChI is InChI=1S/C43H55N3O6S/c1-7-10-11-15-20-46(5)41(48)33-22-30(21-32(33)36(47)25-43(24-29(43)8-2)42(49)51-9-3)52-38-23-34(44-39-27(4)37(50-6)19-18-31(38)39)35-26-53-40(45-35)28-16-13-12-14-17-28/h7-8,18-19,23,26,28-30,32-33H,1-2,9-17,20-22,24-25H2,3-6H3/t29-,30-,32-,33-,43-/m1/s1. The monoisotopic (exact) mass is 741 g/mol. The minimum Gasteiger partial charge on any atom is -0.496 e. The summed E-state index contributed by atoms with van der Waals surface area (Å²) in [6.07, 6.45) is 13.3. The maximum Gasteiger partial charge on any atom is 0.313 e. The molecule has 1 amide bonds. The number of ketones is 1. The molecule has 0 unspecified atom stereocenters. The van der Waals surface area contributed by atoms with Crippen molar-refractivity contribution in [1.29, 1.82) is 0 Å². The molecule has 3 aliphatic carbocycles. The van der Waals surface area contributed by atoms with Gasteiger partial charge in [0.05, 0.1) is 47.0 Å². The van der Waals surface area contributed by atoms with E-state index >= 15 is 0 Å². The van der Waals surface area contributed by atoms with Crippen LogP contribution in [0.2, 0.25) is 0 Å². The van der Waals surface area contributed by atoms with Gasteiger partial charge in [-0.05, 0) is 83.3 Å². The molecular formula is C43H55N3O6S. The molecule has 9 nitrogen and oxygen atoms in total. The molecule has 0 radical (unpaired) electrons. The summed E-state index contributed by atoms with van der Waals surface area (Å²) in [7, 11) is 3.47. The first-order chi connectivity index (χ1) is 25.6. The van der Waals surface area contributed by atoms with Crippen molar-refractivity contribution in [3.63, 3.8) is 0 Å². The maximum atomic E-state index is 14.3. The van der Waals surface area contributed by atoms with E-state index in [1.54, 1.807) is 36.3 Å². The number of pyridine rings is 1. The number of benzene rings is 1. The average molecular weight is 742 g/mol. The Morgan fingerprint density at radius 1 is 1.04 bits per heavy atom. The molecule has 2 aromatic heterocycles. The number of esters is 1. The molecule has 3 aliphatic rings. The highest BCUT2D eigenvalue weighted by molar-refractivity contribution is 7.10. The topological polar surface area (TPSA) is 108 Å². The molecule has 5 atom stereocenters. The number of amides is 1. The third-order valence-corrected chi connectivity index (χ3v) is 12.8. The zero-order valence-electron chi connectivity index (χ0n) is 31.9. The first-order valence-electron chi connectivity index (χ1n) is 19.4. The van der Waals surface area contributed by atoms with Crippen LogP contribution < -0.4 is 9.47 Å². The number of nitrogens with zero attached hydrogens (tertiary/aromatic N) is 3. The number of Topliss-reactive ketones (excluding diaryl/α,β-unsaturated/α-hetero) is 1. The highest BCUT2D eigenvalue weighted by atomic mass is 32.1. The van der Waals surface area contributed by atoms with Crippen LogP contribution in [0.4, 0.5) is 0 Å². The lowest BCUT2D eigenvalue weighted by atomic mass is 9.84. The molecule has 0 bridgehead atoms. The molecule has 1 aromatic carbocycles. The zero-order valence-corrected chi connectivity index (χ0v) is 32.7. The van der Waals surface area contributed by atoms with Crippen molar-refractivity contribution in [3.05, 3.63) is 59.5 Å². The maximum absolute atomic E-state index is 14.3. The van der Waals surface area contributed by atoms with E-state index < -0.39 is 23.4 Å². The van der Waals surface area contributed by atoms with E-state index in [-0.39, 0.29) is 36.6 Å². The Hall–Kier alpha value is -4.05. The van der Waals surface area contributed by atoms with Crippen LogP contribution >= 0.6 is 11.3 Å². The highest BCUT2D eigenvalue weighted by Crippen LogP contribution is 2.58. The average Bonchev–Trinajstić information content (AvgIpc) is 3.45. The van der Waals surface area contributed by atoms with Crippen LogP contribution in [-0.2, 0) is 19.1 Å². The van der Waals surface area contributed by atoms with E-state index in [1.165, 1.54) is 32.1 Å². The van der Waals surface area contributed by atoms with E-state index in [2.05, 4.69) is 18.5 Å². The van der Waals surface area contributed by atoms with Gasteiger partial charge in [-0.1, -0.05) is 31.4 Å². The van der Waals surface area contributed by atoms with Crippen molar-refractivity contribution in [1.82, 2.24) is 14.9 Å². The van der Waals surface area contributed by atoms with Crippen LogP contribution in [0.25, 0.3) is 22.3 Å². The lowest BCUT2D eigenvalue weighted by Gasteiger charge is -2.25. The predicted molar refractivity (Wildman–Crippen MR) is 209 cm³/mol. The number of unbranched alkanes of at least 4 members (excludes halogenated alkanes) is 2. The Morgan fingerprint density at radius 2 is 1.81 bits per heavy atom. The summed E-state index contributed by atoms with van der Waals surface area (Å²) in [5, 5.41) is 4.09. The Kier molecular flexibility index (Phi) is 12.4. The molecule has 3 saturated carbocycles. The van der Waals surface area contributed by atoms with Gasteiger partial charge in [0.2, 0.25) is 5.91 Å². The number of hydrogen-bond donors (Lipinski definition) is 0. The van der Waals surface area contributed by atoms with Crippen molar-refractivity contribution in [2.45, 2.75) is 103 Å². The lowest BCUT2D eigenvalue weighted by molar-refractivity contribution is -0.152. The highest BCUT2D eigenvalue weighted by Gasteiger charge is 2.61. The number of methoxy groups -OCH3 is 1. The number of aromatic nitrogens is 2. The summed E-state index contributed by atoms with van der Waals surface area (Å²) in [5.41, 5.74) is 2.30. The third-order valence-electron chi connectivity index (χ3n) is 11.8. The van der Waals surface area contributed by atoms with Crippen molar-refractivity contribution in [3.8, 4) is 22.9 Å². The molecule has 6 rings (SSSR count). The molecule has 2 heterocycles. The second-order valence-electron chi connectivity index (χ2n) is 15.2. The van der Waals surface area contributed by atoms with Gasteiger partial charge in [0.15, 0.2) is 0 Å². The molecule has 0 spiro atoms. The van der Waals surface area contributed by atoms with Crippen LogP contribution in [0, 0.1) is 30.1 Å². The van der Waals surface area contributed by atoms with E-state index in [1.807, 2.05) is 38.2 Å². The second kappa shape index (κ2) is 17.0. The summed E-state index contributed by atoms with van der Waals surface area (Å²) in [6, 6.07) is 5.84. The molecule has 53 heavy (non-hydrogen) atoms. The number of hydrogen-bond acceptors (Lipinski definition) is 9. The van der Waals surface area contributed by atoms with E-state index in [0.717, 1.165) is 57.9 Å². The molecular weight excluding hydrogens is 687 g/mol. The largest absolute Gasteiger partial charge is 0.496 e. The number of fused-ring (bicyclic) bond motifs is 1. The minimum absolute atomic E-state index is 0.0290. The lowest BCUT2D eigenvalue weighted by Crippen LogP contribution is -2.38. The van der Waals surface area contributed by atoms with E-state index in [4.69, 9.17) is 24.2 Å². The number of ether oxygens (including phenoxy) is 3. The van der Waals surface area contributed by atoms with Gasteiger partial charge in [-0.2, -0.15) is 0 Å². The minimum atomic E-state index is -0.908. The summed E-state index contributed by atoms with van der Waals surface area (Å²) in [4.78, 5) is 53.5. The van der Waals surface area contributed by atoms with Gasteiger partial charge in [0.1, 0.15) is 23.4 Å². The van der Waals surface area contributed by atoms with Crippen molar-refractivity contribution in [2.24, 2.45) is 23.2 Å². The quantitative estimate of drug-likeness (QED) is 0.0767. The van der Waals surface area contributed by atoms with Crippen LogP contribution in [-0.4, -0.2) is 65.9 Å². The predicted octanol–water partition coefficient (Wildman–Crippen LogP) is 9.03. The number of aryl methyl sites for hydroxylation is 1. The number of carbonyl (C=O) groups excluding carboxylic acids is 3. The Bertz CT molecular complexity index is 1830. The molecule has 3 fully saturated rings. The van der Waals surface area contributed by atoms with Crippen LogP contribution in [0.15, 0.2) is 48.9 Å². The fraction of sp³-hybridized carbons (Fsp3) is 0.558. The summed E-state index contributed by atoms with van der Waals surface area (Å²) in [6.45, 7) is 12.3. The van der Waals surface area contributed by atoms with Gasteiger partial charge >= 0.3 is 5.97 Å². The van der Waals surface area contributed by atoms with Gasteiger partial charge in [0.25, 0.3) is 0 Å². The van der Waals surface area contributed by atoms with Crippen molar-refractivity contribution in [2.75, 3.05) is 27.3 Å². The van der Waals surface area contributed by atoms with Crippen molar-refractivity contribution >= 4 is 39.9 Å². The number of carbonyl (C=O) groups is 3. The normalized spacial score (nSPS) is 24.1. The first-order valence-corrected chi connectivity index (χ1v) is 20.3. The molecule has 284 valence electrons. The fourth-order valence-corrected chi connectivity index (χ4v) is 9.55. The summed E-state index contributed by atoms with van der Waals surface area (Å²) in [5.74, 6) is 0.0719. The molecule has 0 aliphatic heterocycles. The van der Waals surface area contributed by atoms with Gasteiger partial charge in [-0.3, -0.25) is 14.4 Å². The zero-order chi connectivity index (χ0) is 37.7. The molecule has 10 heteroatoms. The van der Waals surface area contributed by atoms with E-state index in [9.17, 15) is 14.4 Å². The third kappa shape index (κ3) is 8.22. The molecule has 3 aromatic rings. The van der Waals surface area contributed by atoms with Gasteiger partial charge in [0, 0.05) is 54.2 Å². The van der Waals surface area contributed by atoms with Crippen LogP contribution in [0.5, 0.6) is 11.5 Å². The van der Waals surface area contributed by atoms with E-state index in [0.29, 0.717) is 37.5 Å².